The quantitative estimate of drug-likeness (QED) is 0.473. The highest BCUT2D eigenvalue weighted by atomic mass is 19.1. The van der Waals surface area contributed by atoms with Gasteiger partial charge in [-0.15, -0.1) is 0 Å². The van der Waals surface area contributed by atoms with E-state index >= 15 is 0 Å². The molecule has 2 heterocycles. The Bertz CT molecular complexity index is 770. The van der Waals surface area contributed by atoms with Gasteiger partial charge in [-0.2, -0.15) is 0 Å². The van der Waals surface area contributed by atoms with Gasteiger partial charge in [-0.25, -0.2) is 4.39 Å². The number of amides is 1. The minimum absolute atomic E-state index is 0.194. The summed E-state index contributed by atoms with van der Waals surface area (Å²) in [7, 11) is 1.73. The second-order valence-electron chi connectivity index (χ2n) is 6.13. The van der Waals surface area contributed by atoms with E-state index in [4.69, 9.17) is 4.42 Å². The number of para-hydroxylation sites is 1. The summed E-state index contributed by atoms with van der Waals surface area (Å²) in [6, 6.07) is 10.1. The van der Waals surface area contributed by atoms with Crippen molar-refractivity contribution in [2.75, 3.05) is 51.2 Å². The van der Waals surface area contributed by atoms with Crippen LogP contribution >= 0.6 is 0 Å². The molecule has 0 spiro atoms. The van der Waals surface area contributed by atoms with E-state index in [9.17, 15) is 9.18 Å². The molecule has 27 heavy (non-hydrogen) atoms. The Balaban J connectivity index is 1.42. The lowest BCUT2D eigenvalue weighted by Gasteiger charge is -2.37. The molecule has 1 aromatic carbocycles. The number of guanidine groups is 1. The van der Waals surface area contributed by atoms with Crippen LogP contribution in [0.25, 0.3) is 0 Å². The summed E-state index contributed by atoms with van der Waals surface area (Å²) in [6.45, 7) is 3.92. The van der Waals surface area contributed by atoms with Crippen molar-refractivity contribution in [3.05, 3.63) is 54.2 Å². The fourth-order valence-corrected chi connectivity index (χ4v) is 3.04. The predicted molar refractivity (Wildman–Crippen MR) is 103 cm³/mol. The van der Waals surface area contributed by atoms with Crippen molar-refractivity contribution >= 4 is 17.6 Å². The van der Waals surface area contributed by atoms with Crippen LogP contribution in [0, 0.1) is 5.82 Å². The summed E-state index contributed by atoms with van der Waals surface area (Å²) in [6.07, 6.45) is 1.47. The first-order chi connectivity index (χ1) is 13.2. The number of hydrogen-bond donors (Lipinski definition) is 2. The molecule has 0 aliphatic carbocycles. The van der Waals surface area contributed by atoms with E-state index in [0.29, 0.717) is 24.5 Å². The van der Waals surface area contributed by atoms with Crippen molar-refractivity contribution in [1.29, 1.82) is 0 Å². The molecule has 0 saturated carbocycles. The van der Waals surface area contributed by atoms with E-state index in [1.807, 2.05) is 11.0 Å². The molecule has 1 amide bonds. The van der Waals surface area contributed by atoms with Crippen LogP contribution in [0.5, 0.6) is 0 Å². The fraction of sp³-hybridized carbons (Fsp3) is 0.368. The normalized spacial score (nSPS) is 15.0. The van der Waals surface area contributed by atoms with Gasteiger partial charge in [0.05, 0.1) is 12.0 Å². The van der Waals surface area contributed by atoms with Crippen molar-refractivity contribution in [3.63, 3.8) is 0 Å². The molecule has 7 nitrogen and oxygen atoms in total. The van der Waals surface area contributed by atoms with E-state index in [-0.39, 0.29) is 11.7 Å². The first-order valence-electron chi connectivity index (χ1n) is 8.96. The molecule has 8 heteroatoms. The number of benzene rings is 1. The fourth-order valence-electron chi connectivity index (χ4n) is 3.04. The standard InChI is InChI=1S/C19H24FN5O2/c1-21-19(23-9-8-22-18(26)17-7-4-14-27-17)25-12-10-24(11-13-25)16-6-3-2-5-15(16)20/h2-7,14H,8-13H2,1H3,(H,21,23)(H,22,26). The molecule has 2 aromatic rings. The maximum atomic E-state index is 13.9. The topological polar surface area (TPSA) is 73.1 Å². The SMILES string of the molecule is CN=C(NCCNC(=O)c1ccco1)N1CCN(c2ccccc2F)CC1. The summed E-state index contributed by atoms with van der Waals surface area (Å²) in [5.74, 6) is 0.634. The highest BCUT2D eigenvalue weighted by Gasteiger charge is 2.21. The highest BCUT2D eigenvalue weighted by Crippen LogP contribution is 2.20. The molecule has 0 unspecified atom stereocenters. The number of anilines is 1. The Kier molecular flexibility index (Phi) is 6.30. The number of furan rings is 1. The molecule has 1 fully saturated rings. The number of nitrogens with one attached hydrogen (secondary N) is 2. The van der Waals surface area contributed by atoms with Crippen LogP contribution in [0.4, 0.5) is 10.1 Å². The lowest BCUT2D eigenvalue weighted by atomic mass is 10.2. The van der Waals surface area contributed by atoms with Gasteiger partial charge >= 0.3 is 0 Å². The Labute approximate surface area is 157 Å². The summed E-state index contributed by atoms with van der Waals surface area (Å²) < 4.78 is 19.0. The van der Waals surface area contributed by atoms with Crippen molar-refractivity contribution in [1.82, 2.24) is 15.5 Å². The van der Waals surface area contributed by atoms with Crippen LogP contribution in [0.15, 0.2) is 52.1 Å². The maximum Gasteiger partial charge on any atom is 0.287 e. The van der Waals surface area contributed by atoms with Gasteiger partial charge in [-0.05, 0) is 24.3 Å². The van der Waals surface area contributed by atoms with Gasteiger partial charge in [0.15, 0.2) is 11.7 Å². The monoisotopic (exact) mass is 373 g/mol. The van der Waals surface area contributed by atoms with Crippen LogP contribution < -0.4 is 15.5 Å². The molecule has 0 radical (unpaired) electrons. The number of hydrogen-bond acceptors (Lipinski definition) is 4. The van der Waals surface area contributed by atoms with Crippen molar-refractivity contribution < 1.29 is 13.6 Å². The highest BCUT2D eigenvalue weighted by molar-refractivity contribution is 5.91. The van der Waals surface area contributed by atoms with Crippen molar-refractivity contribution in [2.45, 2.75) is 0 Å². The van der Waals surface area contributed by atoms with Gasteiger partial charge in [0.25, 0.3) is 5.91 Å². The number of aliphatic imine (C=N–C) groups is 1. The molecule has 2 N–H and O–H groups in total. The molecule has 1 saturated heterocycles. The first kappa shape index (κ1) is 18.8. The average molecular weight is 373 g/mol. The molecule has 1 aromatic heterocycles. The number of piperazine rings is 1. The second-order valence-corrected chi connectivity index (χ2v) is 6.13. The largest absolute Gasteiger partial charge is 0.459 e. The van der Waals surface area contributed by atoms with E-state index in [1.54, 1.807) is 31.3 Å². The van der Waals surface area contributed by atoms with Crippen LogP contribution in [-0.4, -0.2) is 63.1 Å². The second kappa shape index (κ2) is 9.07. The average Bonchev–Trinajstić information content (AvgIpc) is 3.24. The third kappa shape index (κ3) is 4.78. The Morgan fingerprint density at radius 3 is 2.52 bits per heavy atom. The summed E-state index contributed by atoms with van der Waals surface area (Å²) in [4.78, 5) is 20.3. The molecular formula is C19H24FN5O2. The minimum atomic E-state index is -0.240. The first-order valence-corrected chi connectivity index (χ1v) is 8.96. The molecule has 0 bridgehead atoms. The number of halogens is 1. The summed E-state index contributed by atoms with van der Waals surface area (Å²) in [5.41, 5.74) is 0.640. The molecule has 0 atom stereocenters. The lowest BCUT2D eigenvalue weighted by molar-refractivity contribution is 0.0926. The van der Waals surface area contributed by atoms with Crippen molar-refractivity contribution in [2.24, 2.45) is 4.99 Å². The molecule has 3 rings (SSSR count). The number of rotatable bonds is 5. The Hall–Kier alpha value is -3.03. The smallest absolute Gasteiger partial charge is 0.287 e. The zero-order chi connectivity index (χ0) is 19.1. The third-order valence-corrected chi connectivity index (χ3v) is 4.42. The lowest BCUT2D eigenvalue weighted by Crippen LogP contribution is -2.53. The molecule has 144 valence electrons. The summed E-state index contributed by atoms with van der Waals surface area (Å²) in [5, 5.41) is 6.03. The third-order valence-electron chi connectivity index (χ3n) is 4.42. The zero-order valence-electron chi connectivity index (χ0n) is 15.3. The minimum Gasteiger partial charge on any atom is -0.459 e. The Morgan fingerprint density at radius 2 is 1.85 bits per heavy atom. The van der Waals surface area contributed by atoms with Gasteiger partial charge in [-0.3, -0.25) is 9.79 Å². The number of carbonyl (C=O) groups excluding carboxylic acids is 1. The van der Waals surface area contributed by atoms with Crippen LogP contribution in [0.3, 0.4) is 0 Å². The van der Waals surface area contributed by atoms with Crippen LogP contribution in [0.2, 0.25) is 0 Å². The van der Waals surface area contributed by atoms with E-state index in [0.717, 1.165) is 32.1 Å². The number of nitrogens with zero attached hydrogens (tertiary/aromatic N) is 3. The predicted octanol–water partition coefficient (Wildman–Crippen LogP) is 1.55. The van der Waals surface area contributed by atoms with Gasteiger partial charge in [-0.1, -0.05) is 12.1 Å². The zero-order valence-corrected chi connectivity index (χ0v) is 15.3. The summed E-state index contributed by atoms with van der Waals surface area (Å²) >= 11 is 0. The molecular weight excluding hydrogens is 349 g/mol. The van der Waals surface area contributed by atoms with Gasteiger partial charge in [0.2, 0.25) is 0 Å². The van der Waals surface area contributed by atoms with E-state index in [1.165, 1.54) is 12.3 Å². The van der Waals surface area contributed by atoms with E-state index in [2.05, 4.69) is 20.5 Å². The van der Waals surface area contributed by atoms with Gasteiger partial charge in [0.1, 0.15) is 5.82 Å². The van der Waals surface area contributed by atoms with Gasteiger partial charge in [0, 0.05) is 46.3 Å². The maximum absolute atomic E-state index is 13.9. The Morgan fingerprint density at radius 1 is 1.11 bits per heavy atom. The van der Waals surface area contributed by atoms with Crippen molar-refractivity contribution in [3.8, 4) is 0 Å². The van der Waals surface area contributed by atoms with Gasteiger partial charge < -0.3 is 24.9 Å². The van der Waals surface area contributed by atoms with E-state index < -0.39 is 0 Å². The number of carbonyl (C=O) groups is 1. The van der Waals surface area contributed by atoms with Crippen LogP contribution in [0.1, 0.15) is 10.6 Å². The van der Waals surface area contributed by atoms with Crippen LogP contribution in [-0.2, 0) is 0 Å². The molecule has 1 aliphatic heterocycles. The molecule has 1 aliphatic rings.